The molecule has 0 atom stereocenters. The molecular formula is C27H28N4O5. The molecule has 0 unspecified atom stereocenters. The van der Waals surface area contributed by atoms with Gasteiger partial charge in [0, 0.05) is 11.4 Å². The molecule has 9 heteroatoms. The fraction of sp³-hybridized carbons (Fsp3) is 0.185. The summed E-state index contributed by atoms with van der Waals surface area (Å²) in [6.07, 6.45) is 1.36. The van der Waals surface area contributed by atoms with Crippen LogP contribution < -0.4 is 25.5 Å². The molecule has 9 nitrogen and oxygen atoms in total. The lowest BCUT2D eigenvalue weighted by atomic mass is 10.1. The minimum Gasteiger partial charge on any atom is -0.493 e. The topological polar surface area (TPSA) is 118 Å². The zero-order valence-corrected chi connectivity index (χ0v) is 20.5. The SMILES string of the molecule is COc1cc(/C=N\NC(=O)C(=O)Nc2ccccc2C)ccc1OCC(=O)Nc1ccc(C)cc1C. The molecular weight excluding hydrogens is 460 g/mol. The van der Waals surface area contributed by atoms with Gasteiger partial charge in [-0.1, -0.05) is 35.9 Å². The molecule has 0 aliphatic carbocycles. The summed E-state index contributed by atoms with van der Waals surface area (Å²) in [5.74, 6) is -1.30. The number of para-hydroxylation sites is 1. The molecule has 3 N–H and O–H groups in total. The molecule has 3 aromatic rings. The zero-order chi connectivity index (χ0) is 26.1. The van der Waals surface area contributed by atoms with Crippen LogP contribution >= 0.6 is 0 Å². The molecule has 3 aromatic carbocycles. The van der Waals surface area contributed by atoms with Crippen LogP contribution in [0.3, 0.4) is 0 Å². The second-order valence-corrected chi connectivity index (χ2v) is 8.03. The molecule has 0 aromatic heterocycles. The standard InChI is InChI=1S/C27H28N4O5/c1-17-9-11-22(19(3)13-17)29-25(32)16-36-23-12-10-20(14-24(23)35-4)15-28-31-27(34)26(33)30-21-8-6-5-7-18(21)2/h5-15H,16H2,1-4H3,(H,29,32)(H,30,33)(H,31,34)/b28-15-. The number of aryl methyl sites for hydroxylation is 3. The number of hydrazone groups is 1. The normalized spacial score (nSPS) is 10.6. The molecule has 0 heterocycles. The number of hydrogen-bond donors (Lipinski definition) is 3. The van der Waals surface area contributed by atoms with Gasteiger partial charge in [0.25, 0.3) is 5.91 Å². The molecule has 3 rings (SSSR count). The first kappa shape index (κ1) is 26.0. The Kier molecular flexibility index (Phi) is 8.77. The quantitative estimate of drug-likeness (QED) is 0.254. The molecule has 0 bridgehead atoms. The Morgan fingerprint density at radius 2 is 1.58 bits per heavy atom. The first-order valence-corrected chi connectivity index (χ1v) is 11.1. The Morgan fingerprint density at radius 1 is 0.833 bits per heavy atom. The molecule has 0 radical (unpaired) electrons. The second kappa shape index (κ2) is 12.2. The van der Waals surface area contributed by atoms with E-state index in [0.29, 0.717) is 22.7 Å². The highest BCUT2D eigenvalue weighted by Gasteiger charge is 2.14. The third kappa shape index (κ3) is 7.17. The number of nitrogens with one attached hydrogen (secondary N) is 3. The lowest BCUT2D eigenvalue weighted by molar-refractivity contribution is -0.136. The number of nitrogens with zero attached hydrogens (tertiary/aromatic N) is 1. The van der Waals surface area contributed by atoms with E-state index in [2.05, 4.69) is 21.2 Å². The lowest BCUT2D eigenvalue weighted by Crippen LogP contribution is -2.32. The highest BCUT2D eigenvalue weighted by atomic mass is 16.5. The Morgan fingerprint density at radius 3 is 2.31 bits per heavy atom. The van der Waals surface area contributed by atoms with E-state index >= 15 is 0 Å². The number of anilines is 2. The predicted octanol–water partition coefficient (Wildman–Crippen LogP) is 3.73. The van der Waals surface area contributed by atoms with Crippen molar-refractivity contribution in [3.05, 3.63) is 82.9 Å². The van der Waals surface area contributed by atoms with Crippen molar-refractivity contribution in [3.8, 4) is 11.5 Å². The molecule has 0 saturated carbocycles. The second-order valence-electron chi connectivity index (χ2n) is 8.03. The molecule has 0 fully saturated rings. The van der Waals surface area contributed by atoms with Gasteiger partial charge in [0.1, 0.15) is 0 Å². The minimum atomic E-state index is -0.906. The van der Waals surface area contributed by atoms with Crippen LogP contribution in [-0.4, -0.2) is 37.7 Å². The van der Waals surface area contributed by atoms with Gasteiger partial charge in [-0.15, -0.1) is 0 Å². The van der Waals surface area contributed by atoms with E-state index in [9.17, 15) is 14.4 Å². The number of ether oxygens (including phenoxy) is 2. The van der Waals surface area contributed by atoms with Crippen LogP contribution in [0.5, 0.6) is 11.5 Å². The summed E-state index contributed by atoms with van der Waals surface area (Å²) in [6, 6.07) is 17.8. The van der Waals surface area contributed by atoms with Gasteiger partial charge in [-0.25, -0.2) is 5.43 Å². The smallest absolute Gasteiger partial charge is 0.329 e. The number of carbonyl (C=O) groups is 3. The molecule has 186 valence electrons. The number of amides is 3. The summed E-state index contributed by atoms with van der Waals surface area (Å²) in [4.78, 5) is 36.4. The van der Waals surface area contributed by atoms with Crippen LogP contribution in [0.4, 0.5) is 11.4 Å². The molecule has 3 amide bonds. The van der Waals surface area contributed by atoms with E-state index in [1.807, 2.05) is 51.1 Å². The van der Waals surface area contributed by atoms with E-state index in [0.717, 1.165) is 22.4 Å². The molecule has 0 spiro atoms. The first-order chi connectivity index (χ1) is 17.3. The number of carbonyl (C=O) groups excluding carboxylic acids is 3. The Balaban J connectivity index is 1.54. The largest absolute Gasteiger partial charge is 0.493 e. The predicted molar refractivity (Wildman–Crippen MR) is 139 cm³/mol. The average Bonchev–Trinajstić information content (AvgIpc) is 2.86. The first-order valence-electron chi connectivity index (χ1n) is 11.1. The maximum absolute atomic E-state index is 12.3. The van der Waals surface area contributed by atoms with Crippen molar-refractivity contribution >= 4 is 35.3 Å². The highest BCUT2D eigenvalue weighted by Crippen LogP contribution is 2.27. The number of hydrogen-bond acceptors (Lipinski definition) is 6. The van der Waals surface area contributed by atoms with Gasteiger partial charge < -0.3 is 20.1 Å². The third-order valence-electron chi connectivity index (χ3n) is 5.18. The molecule has 36 heavy (non-hydrogen) atoms. The number of benzene rings is 3. The summed E-state index contributed by atoms with van der Waals surface area (Å²) in [6.45, 7) is 5.53. The Hall–Kier alpha value is -4.66. The fourth-order valence-electron chi connectivity index (χ4n) is 3.28. The van der Waals surface area contributed by atoms with Crippen molar-refractivity contribution < 1.29 is 23.9 Å². The van der Waals surface area contributed by atoms with Gasteiger partial charge in [0.2, 0.25) is 0 Å². The van der Waals surface area contributed by atoms with Crippen molar-refractivity contribution in [3.63, 3.8) is 0 Å². The van der Waals surface area contributed by atoms with Gasteiger partial charge >= 0.3 is 11.8 Å². The zero-order valence-electron chi connectivity index (χ0n) is 20.5. The van der Waals surface area contributed by atoms with Gasteiger partial charge in [-0.05, 0) is 67.8 Å². The van der Waals surface area contributed by atoms with E-state index in [4.69, 9.17) is 9.47 Å². The summed E-state index contributed by atoms with van der Waals surface area (Å²) in [5.41, 5.74) is 6.95. The van der Waals surface area contributed by atoms with E-state index in [1.165, 1.54) is 13.3 Å². The molecule has 0 aliphatic rings. The maximum atomic E-state index is 12.3. The molecule has 0 aliphatic heterocycles. The van der Waals surface area contributed by atoms with E-state index in [-0.39, 0.29) is 12.5 Å². The van der Waals surface area contributed by atoms with Crippen molar-refractivity contribution in [1.29, 1.82) is 0 Å². The van der Waals surface area contributed by atoms with Crippen molar-refractivity contribution in [2.75, 3.05) is 24.4 Å². The summed E-state index contributed by atoms with van der Waals surface area (Å²) < 4.78 is 11.0. The van der Waals surface area contributed by atoms with Crippen LogP contribution in [0.1, 0.15) is 22.3 Å². The summed E-state index contributed by atoms with van der Waals surface area (Å²) in [7, 11) is 1.47. The van der Waals surface area contributed by atoms with Crippen molar-refractivity contribution in [2.24, 2.45) is 5.10 Å². The Bertz CT molecular complexity index is 1300. The summed E-state index contributed by atoms with van der Waals surface area (Å²) >= 11 is 0. The minimum absolute atomic E-state index is 0.205. The van der Waals surface area contributed by atoms with Crippen molar-refractivity contribution in [2.45, 2.75) is 20.8 Å². The van der Waals surface area contributed by atoms with Crippen molar-refractivity contribution in [1.82, 2.24) is 5.43 Å². The summed E-state index contributed by atoms with van der Waals surface area (Å²) in [5, 5.41) is 9.18. The monoisotopic (exact) mass is 488 g/mol. The fourth-order valence-corrected chi connectivity index (χ4v) is 3.28. The van der Waals surface area contributed by atoms with Crippen LogP contribution in [0, 0.1) is 20.8 Å². The third-order valence-corrected chi connectivity index (χ3v) is 5.18. The van der Waals surface area contributed by atoms with Crippen LogP contribution in [-0.2, 0) is 14.4 Å². The van der Waals surface area contributed by atoms with Gasteiger partial charge in [-0.2, -0.15) is 5.10 Å². The maximum Gasteiger partial charge on any atom is 0.329 e. The van der Waals surface area contributed by atoms with Crippen LogP contribution in [0.2, 0.25) is 0 Å². The van der Waals surface area contributed by atoms with Gasteiger partial charge in [0.15, 0.2) is 18.1 Å². The van der Waals surface area contributed by atoms with Gasteiger partial charge in [-0.3, -0.25) is 14.4 Å². The van der Waals surface area contributed by atoms with Crippen LogP contribution in [0.15, 0.2) is 65.8 Å². The van der Waals surface area contributed by atoms with E-state index < -0.39 is 11.8 Å². The van der Waals surface area contributed by atoms with E-state index in [1.54, 1.807) is 30.3 Å². The average molecular weight is 489 g/mol. The highest BCUT2D eigenvalue weighted by molar-refractivity contribution is 6.39. The number of methoxy groups -OCH3 is 1. The lowest BCUT2D eigenvalue weighted by Gasteiger charge is -2.12. The van der Waals surface area contributed by atoms with Crippen LogP contribution in [0.25, 0.3) is 0 Å². The number of rotatable bonds is 8. The molecule has 0 saturated heterocycles. The Labute approximate surface area is 209 Å². The van der Waals surface area contributed by atoms with Gasteiger partial charge in [0.05, 0.1) is 13.3 Å².